The van der Waals surface area contributed by atoms with Crippen molar-refractivity contribution >= 4 is 17.4 Å². The van der Waals surface area contributed by atoms with Gasteiger partial charge in [-0.15, -0.1) is 0 Å². The minimum absolute atomic E-state index is 0.290. The highest BCUT2D eigenvalue weighted by molar-refractivity contribution is 6.29. The molecule has 4 rings (SSSR count). The average molecular weight is 359 g/mol. The van der Waals surface area contributed by atoms with Crippen LogP contribution in [0.3, 0.4) is 0 Å². The standard InChI is InChI=1S/C19H23ClN4O/c1-12-21-17(20)11-18(22-12)23-16-8-9-24(14-6-7-14)19(16)13-4-3-5-15(10-13)25-2/h3-5,10-11,14,16,19H,6-9H2,1-2H3,(H,21,22,23). The maximum absolute atomic E-state index is 6.10. The Morgan fingerprint density at radius 3 is 2.76 bits per heavy atom. The van der Waals surface area contributed by atoms with E-state index in [1.807, 2.05) is 13.0 Å². The Balaban J connectivity index is 1.63. The lowest BCUT2D eigenvalue weighted by Gasteiger charge is -2.29. The van der Waals surface area contributed by atoms with Crippen LogP contribution in [0.5, 0.6) is 5.75 Å². The predicted molar refractivity (Wildman–Crippen MR) is 99.3 cm³/mol. The van der Waals surface area contributed by atoms with Gasteiger partial charge < -0.3 is 10.1 Å². The normalized spacial score (nSPS) is 23.6. The van der Waals surface area contributed by atoms with Gasteiger partial charge in [-0.3, -0.25) is 4.90 Å². The van der Waals surface area contributed by atoms with Crippen molar-refractivity contribution in [2.24, 2.45) is 0 Å². The Bertz CT molecular complexity index is 745. The number of aromatic nitrogens is 2. The lowest BCUT2D eigenvalue weighted by molar-refractivity contribution is 0.240. The van der Waals surface area contributed by atoms with Gasteiger partial charge in [0.2, 0.25) is 0 Å². The summed E-state index contributed by atoms with van der Waals surface area (Å²) in [5, 5.41) is 4.08. The lowest BCUT2D eigenvalue weighted by atomic mass is 9.99. The van der Waals surface area contributed by atoms with E-state index in [4.69, 9.17) is 16.3 Å². The molecule has 1 N–H and O–H groups in total. The molecule has 1 aliphatic heterocycles. The van der Waals surface area contributed by atoms with E-state index in [1.54, 1.807) is 13.2 Å². The van der Waals surface area contributed by atoms with Gasteiger partial charge >= 0.3 is 0 Å². The molecule has 2 atom stereocenters. The highest BCUT2D eigenvalue weighted by atomic mass is 35.5. The van der Waals surface area contributed by atoms with Crippen LogP contribution in [-0.2, 0) is 0 Å². The summed E-state index contributed by atoms with van der Waals surface area (Å²) in [5.74, 6) is 2.39. The summed E-state index contributed by atoms with van der Waals surface area (Å²) in [6.07, 6.45) is 3.68. The van der Waals surface area contributed by atoms with Crippen LogP contribution in [0.25, 0.3) is 0 Å². The molecule has 1 aromatic carbocycles. The molecule has 1 aliphatic carbocycles. The summed E-state index contributed by atoms with van der Waals surface area (Å²) in [4.78, 5) is 11.3. The summed E-state index contributed by atoms with van der Waals surface area (Å²) < 4.78 is 5.43. The number of benzene rings is 1. The number of methoxy groups -OCH3 is 1. The van der Waals surface area contributed by atoms with Gasteiger partial charge in [0.05, 0.1) is 13.2 Å². The molecule has 2 aromatic rings. The third kappa shape index (κ3) is 3.58. The molecule has 132 valence electrons. The van der Waals surface area contributed by atoms with Gasteiger partial charge in [-0.25, -0.2) is 9.97 Å². The molecule has 0 spiro atoms. The summed E-state index contributed by atoms with van der Waals surface area (Å²) in [7, 11) is 1.72. The minimum Gasteiger partial charge on any atom is -0.497 e. The van der Waals surface area contributed by atoms with Crippen molar-refractivity contribution in [3.63, 3.8) is 0 Å². The van der Waals surface area contributed by atoms with Gasteiger partial charge in [0.15, 0.2) is 0 Å². The fourth-order valence-electron chi connectivity index (χ4n) is 3.83. The Morgan fingerprint density at radius 2 is 2.04 bits per heavy atom. The number of halogens is 1. The Morgan fingerprint density at radius 1 is 1.20 bits per heavy atom. The Labute approximate surface area is 153 Å². The van der Waals surface area contributed by atoms with E-state index in [-0.39, 0.29) is 6.04 Å². The van der Waals surface area contributed by atoms with Crippen molar-refractivity contribution in [1.82, 2.24) is 14.9 Å². The largest absolute Gasteiger partial charge is 0.497 e. The lowest BCUT2D eigenvalue weighted by Crippen LogP contribution is -2.33. The molecule has 2 unspecified atom stereocenters. The van der Waals surface area contributed by atoms with E-state index >= 15 is 0 Å². The number of anilines is 1. The van der Waals surface area contributed by atoms with Crippen molar-refractivity contribution < 1.29 is 4.74 Å². The molecule has 25 heavy (non-hydrogen) atoms. The third-order valence-corrected chi connectivity index (χ3v) is 5.22. The number of aryl methyl sites for hydroxylation is 1. The monoisotopic (exact) mass is 358 g/mol. The molecule has 0 bridgehead atoms. The van der Waals surface area contributed by atoms with Gasteiger partial charge in [0, 0.05) is 24.7 Å². The first-order valence-corrected chi connectivity index (χ1v) is 9.19. The number of ether oxygens (including phenoxy) is 1. The smallest absolute Gasteiger partial charge is 0.134 e. The number of rotatable bonds is 5. The average Bonchev–Trinajstić information content (AvgIpc) is 3.35. The van der Waals surface area contributed by atoms with Gasteiger partial charge in [-0.05, 0) is 43.9 Å². The van der Waals surface area contributed by atoms with E-state index in [1.165, 1.54) is 18.4 Å². The molecule has 0 amide bonds. The van der Waals surface area contributed by atoms with Crippen molar-refractivity contribution in [3.8, 4) is 5.75 Å². The molecule has 0 radical (unpaired) electrons. The number of nitrogens with zero attached hydrogens (tertiary/aromatic N) is 3. The van der Waals surface area contributed by atoms with Crippen LogP contribution in [0.2, 0.25) is 5.15 Å². The highest BCUT2D eigenvalue weighted by Crippen LogP contribution is 2.42. The molecule has 2 heterocycles. The SMILES string of the molecule is COc1cccc(C2C(Nc3cc(Cl)nc(C)n3)CCN2C2CC2)c1. The van der Waals surface area contributed by atoms with Gasteiger partial charge in [0.1, 0.15) is 22.5 Å². The first kappa shape index (κ1) is 16.6. The van der Waals surface area contributed by atoms with Crippen LogP contribution in [0.4, 0.5) is 5.82 Å². The molecule has 1 aromatic heterocycles. The maximum Gasteiger partial charge on any atom is 0.134 e. The van der Waals surface area contributed by atoms with Crippen LogP contribution in [0.15, 0.2) is 30.3 Å². The fraction of sp³-hybridized carbons (Fsp3) is 0.474. The molecule has 2 fully saturated rings. The first-order valence-electron chi connectivity index (χ1n) is 8.81. The number of hydrogen-bond acceptors (Lipinski definition) is 5. The molecule has 5 nitrogen and oxygen atoms in total. The zero-order valence-electron chi connectivity index (χ0n) is 14.6. The second-order valence-electron chi connectivity index (χ2n) is 6.85. The second kappa shape index (κ2) is 6.81. The van der Waals surface area contributed by atoms with Crippen LogP contribution in [-0.4, -0.2) is 40.6 Å². The van der Waals surface area contributed by atoms with Crippen molar-refractivity contribution in [2.45, 2.75) is 44.3 Å². The number of nitrogens with one attached hydrogen (secondary N) is 1. The molecule has 2 aliphatic rings. The van der Waals surface area contributed by atoms with Crippen molar-refractivity contribution in [3.05, 3.63) is 46.9 Å². The summed E-state index contributed by atoms with van der Waals surface area (Å²) in [5.41, 5.74) is 1.29. The topological polar surface area (TPSA) is 50.3 Å². The van der Waals surface area contributed by atoms with Crippen LogP contribution in [0.1, 0.15) is 36.7 Å². The molecular weight excluding hydrogens is 336 g/mol. The zero-order valence-corrected chi connectivity index (χ0v) is 15.3. The van der Waals surface area contributed by atoms with Crippen molar-refractivity contribution in [2.75, 3.05) is 19.0 Å². The van der Waals surface area contributed by atoms with E-state index < -0.39 is 0 Å². The van der Waals surface area contributed by atoms with Gasteiger partial charge in [0.25, 0.3) is 0 Å². The fourth-order valence-corrected chi connectivity index (χ4v) is 4.05. The second-order valence-corrected chi connectivity index (χ2v) is 7.24. The predicted octanol–water partition coefficient (Wildman–Crippen LogP) is 3.84. The zero-order chi connectivity index (χ0) is 17.4. The van der Waals surface area contributed by atoms with E-state index in [0.29, 0.717) is 23.1 Å². The summed E-state index contributed by atoms with van der Waals surface area (Å²) >= 11 is 6.10. The molecular formula is C19H23ClN4O. The molecule has 1 saturated carbocycles. The quantitative estimate of drug-likeness (QED) is 0.823. The summed E-state index contributed by atoms with van der Waals surface area (Å²) in [6, 6.07) is 11.5. The van der Waals surface area contributed by atoms with Gasteiger partial charge in [-0.1, -0.05) is 23.7 Å². The first-order chi connectivity index (χ1) is 12.1. The molecule has 6 heteroatoms. The molecule has 1 saturated heterocycles. The van der Waals surface area contributed by atoms with Gasteiger partial charge in [-0.2, -0.15) is 0 Å². The number of hydrogen-bond donors (Lipinski definition) is 1. The van der Waals surface area contributed by atoms with E-state index in [9.17, 15) is 0 Å². The Hall–Kier alpha value is -1.85. The van der Waals surface area contributed by atoms with Crippen LogP contribution in [0, 0.1) is 6.92 Å². The van der Waals surface area contributed by atoms with Crippen LogP contribution < -0.4 is 10.1 Å². The highest BCUT2D eigenvalue weighted by Gasteiger charge is 2.43. The minimum atomic E-state index is 0.290. The van der Waals surface area contributed by atoms with E-state index in [0.717, 1.165) is 24.5 Å². The summed E-state index contributed by atoms with van der Waals surface area (Å²) in [6.45, 7) is 2.96. The maximum atomic E-state index is 6.10. The number of likely N-dealkylation sites (tertiary alicyclic amines) is 1. The third-order valence-electron chi connectivity index (χ3n) is 5.03. The van der Waals surface area contributed by atoms with Crippen LogP contribution >= 0.6 is 11.6 Å². The van der Waals surface area contributed by atoms with Crippen molar-refractivity contribution in [1.29, 1.82) is 0 Å². The van der Waals surface area contributed by atoms with E-state index in [2.05, 4.69) is 38.4 Å². The Kier molecular flexibility index (Phi) is 4.52.